The summed E-state index contributed by atoms with van der Waals surface area (Å²) in [5.41, 5.74) is 4.52. The van der Waals surface area contributed by atoms with E-state index in [1.165, 1.54) is 0 Å². The van der Waals surface area contributed by atoms with Crippen molar-refractivity contribution in [1.82, 2.24) is 0 Å². The van der Waals surface area contributed by atoms with E-state index in [1.54, 1.807) is 24.3 Å². The van der Waals surface area contributed by atoms with E-state index in [2.05, 4.69) is 0 Å². The lowest BCUT2D eigenvalue weighted by atomic mass is 9.93. The van der Waals surface area contributed by atoms with Gasteiger partial charge in [0.05, 0.1) is 6.61 Å². The van der Waals surface area contributed by atoms with Crippen LogP contribution in [-0.2, 0) is 4.52 Å². The standard InChI is InChI=1S/C18H21O3P/c1-5-21-22(20)16-8-6-15(7-9-16)18(19)17-13(3)10-12(2)11-14(17)4/h6-11,20H,5H2,1-4H3. The highest BCUT2D eigenvalue weighted by molar-refractivity contribution is 7.55. The molecule has 2 rings (SSSR count). The third-order valence-electron chi connectivity index (χ3n) is 3.51. The first-order valence-electron chi connectivity index (χ1n) is 7.28. The zero-order valence-corrected chi connectivity index (χ0v) is 14.3. The fraction of sp³-hybridized carbons (Fsp3) is 0.278. The summed E-state index contributed by atoms with van der Waals surface area (Å²) in [6.45, 7) is 8.25. The van der Waals surface area contributed by atoms with Crippen molar-refractivity contribution in [2.75, 3.05) is 6.61 Å². The number of ketones is 1. The first-order valence-corrected chi connectivity index (χ1v) is 8.49. The van der Waals surface area contributed by atoms with E-state index in [-0.39, 0.29) is 5.78 Å². The Morgan fingerprint density at radius 3 is 2.14 bits per heavy atom. The second kappa shape index (κ2) is 7.15. The molecule has 22 heavy (non-hydrogen) atoms. The van der Waals surface area contributed by atoms with Crippen molar-refractivity contribution >= 4 is 19.5 Å². The highest BCUT2D eigenvalue weighted by atomic mass is 31.2. The smallest absolute Gasteiger partial charge is 0.202 e. The SMILES string of the molecule is CCOP(O)c1ccc(C(=O)c2c(C)cc(C)cc2C)cc1. The van der Waals surface area contributed by atoms with Gasteiger partial charge in [-0.3, -0.25) is 4.79 Å². The van der Waals surface area contributed by atoms with Crippen LogP contribution in [0, 0.1) is 20.8 Å². The van der Waals surface area contributed by atoms with Crippen molar-refractivity contribution in [2.45, 2.75) is 27.7 Å². The molecule has 1 N–H and O–H groups in total. The van der Waals surface area contributed by atoms with Crippen LogP contribution in [0.1, 0.15) is 39.5 Å². The minimum absolute atomic E-state index is 0.0141. The topological polar surface area (TPSA) is 46.5 Å². The van der Waals surface area contributed by atoms with Gasteiger partial charge in [0.25, 0.3) is 0 Å². The maximum absolute atomic E-state index is 12.7. The van der Waals surface area contributed by atoms with E-state index in [9.17, 15) is 9.69 Å². The summed E-state index contributed by atoms with van der Waals surface area (Å²) in [5.74, 6) is 0.0141. The van der Waals surface area contributed by atoms with Gasteiger partial charge < -0.3 is 9.42 Å². The van der Waals surface area contributed by atoms with Gasteiger partial charge in [-0.25, -0.2) is 0 Å². The maximum atomic E-state index is 12.7. The Balaban J connectivity index is 2.31. The highest BCUT2D eigenvalue weighted by Gasteiger charge is 2.16. The number of carbonyl (C=O) groups is 1. The summed E-state index contributed by atoms with van der Waals surface area (Å²) in [6, 6.07) is 11.1. The Morgan fingerprint density at radius 2 is 1.64 bits per heavy atom. The summed E-state index contributed by atoms with van der Waals surface area (Å²) >= 11 is 0. The molecule has 0 amide bonds. The Labute approximate surface area is 132 Å². The number of hydrogen-bond acceptors (Lipinski definition) is 3. The van der Waals surface area contributed by atoms with Crippen molar-refractivity contribution in [1.29, 1.82) is 0 Å². The van der Waals surface area contributed by atoms with Gasteiger partial charge in [0.2, 0.25) is 8.38 Å². The zero-order chi connectivity index (χ0) is 16.3. The molecule has 0 bridgehead atoms. The summed E-state index contributed by atoms with van der Waals surface area (Å²) in [4.78, 5) is 22.6. The molecule has 3 nitrogen and oxygen atoms in total. The highest BCUT2D eigenvalue weighted by Crippen LogP contribution is 2.30. The van der Waals surface area contributed by atoms with Crippen LogP contribution in [0.2, 0.25) is 0 Å². The van der Waals surface area contributed by atoms with Gasteiger partial charge in [0.1, 0.15) is 0 Å². The van der Waals surface area contributed by atoms with Crippen LogP contribution in [0.25, 0.3) is 0 Å². The fourth-order valence-corrected chi connectivity index (χ4v) is 3.42. The first kappa shape index (κ1) is 16.8. The van der Waals surface area contributed by atoms with E-state index >= 15 is 0 Å². The molecule has 0 aliphatic carbocycles. The quantitative estimate of drug-likeness (QED) is 0.674. The molecule has 0 aliphatic heterocycles. The second-order valence-electron chi connectivity index (χ2n) is 5.34. The van der Waals surface area contributed by atoms with E-state index < -0.39 is 8.38 Å². The number of aryl methyl sites for hydroxylation is 3. The van der Waals surface area contributed by atoms with E-state index in [1.807, 2.05) is 39.8 Å². The predicted molar refractivity (Wildman–Crippen MR) is 90.9 cm³/mol. The van der Waals surface area contributed by atoms with Crippen molar-refractivity contribution in [3.63, 3.8) is 0 Å². The molecule has 2 aromatic rings. The van der Waals surface area contributed by atoms with E-state index in [0.29, 0.717) is 17.5 Å². The minimum Gasteiger partial charge on any atom is -0.346 e. The van der Waals surface area contributed by atoms with Gasteiger partial charge in [-0.2, -0.15) is 0 Å². The van der Waals surface area contributed by atoms with Crippen LogP contribution in [0.5, 0.6) is 0 Å². The molecule has 1 atom stereocenters. The van der Waals surface area contributed by atoms with Gasteiger partial charge in [-0.1, -0.05) is 29.8 Å². The second-order valence-corrected chi connectivity index (χ2v) is 6.66. The number of hydrogen-bond donors (Lipinski definition) is 1. The first-order chi connectivity index (χ1) is 10.4. The fourth-order valence-electron chi connectivity index (χ4n) is 2.62. The minimum atomic E-state index is -1.59. The molecule has 0 fully saturated rings. The normalized spacial score (nSPS) is 12.2. The Hall–Kier alpha value is -1.54. The molecule has 4 heteroatoms. The lowest BCUT2D eigenvalue weighted by Crippen LogP contribution is -2.09. The van der Waals surface area contributed by atoms with Gasteiger partial charge in [0.15, 0.2) is 5.78 Å². The molecule has 0 radical (unpaired) electrons. The third kappa shape index (κ3) is 3.61. The molecule has 0 saturated heterocycles. The zero-order valence-electron chi connectivity index (χ0n) is 13.4. The predicted octanol–water partition coefficient (Wildman–Crippen LogP) is 3.81. The number of benzene rings is 2. The molecule has 0 aromatic heterocycles. The molecule has 1 unspecified atom stereocenters. The van der Waals surface area contributed by atoms with Crippen LogP contribution in [0.15, 0.2) is 36.4 Å². The third-order valence-corrected chi connectivity index (χ3v) is 4.75. The molecule has 0 spiro atoms. The largest absolute Gasteiger partial charge is 0.346 e. The number of rotatable bonds is 5. The summed E-state index contributed by atoms with van der Waals surface area (Å²) in [6.07, 6.45) is 0. The van der Waals surface area contributed by atoms with Crippen molar-refractivity contribution < 1.29 is 14.2 Å². The van der Waals surface area contributed by atoms with Gasteiger partial charge in [0, 0.05) is 16.4 Å². The van der Waals surface area contributed by atoms with Crippen LogP contribution < -0.4 is 5.30 Å². The Bertz CT molecular complexity index is 654. The average molecular weight is 316 g/mol. The maximum Gasteiger partial charge on any atom is 0.202 e. The van der Waals surface area contributed by atoms with Crippen LogP contribution >= 0.6 is 8.38 Å². The Morgan fingerprint density at radius 1 is 1.09 bits per heavy atom. The van der Waals surface area contributed by atoms with Crippen LogP contribution in [0.4, 0.5) is 0 Å². The molecular weight excluding hydrogens is 295 g/mol. The monoisotopic (exact) mass is 316 g/mol. The summed E-state index contributed by atoms with van der Waals surface area (Å²) in [5, 5.41) is 0.714. The molecule has 0 heterocycles. The summed E-state index contributed by atoms with van der Waals surface area (Å²) in [7, 11) is -1.59. The molecule has 2 aromatic carbocycles. The molecule has 0 aliphatic rings. The molecule has 116 valence electrons. The van der Waals surface area contributed by atoms with Gasteiger partial charge in [-0.05, 0) is 51.0 Å². The van der Waals surface area contributed by atoms with E-state index in [0.717, 1.165) is 22.3 Å². The van der Waals surface area contributed by atoms with Gasteiger partial charge >= 0.3 is 0 Å². The van der Waals surface area contributed by atoms with E-state index in [4.69, 9.17) is 4.52 Å². The average Bonchev–Trinajstić information content (AvgIpc) is 2.46. The van der Waals surface area contributed by atoms with Crippen molar-refractivity contribution in [2.24, 2.45) is 0 Å². The lowest BCUT2D eigenvalue weighted by Gasteiger charge is -2.12. The Kier molecular flexibility index (Phi) is 5.47. The molecule has 0 saturated carbocycles. The van der Waals surface area contributed by atoms with Crippen molar-refractivity contribution in [3.8, 4) is 0 Å². The van der Waals surface area contributed by atoms with Crippen LogP contribution in [-0.4, -0.2) is 17.3 Å². The van der Waals surface area contributed by atoms with Crippen molar-refractivity contribution in [3.05, 3.63) is 64.2 Å². The summed E-state index contributed by atoms with van der Waals surface area (Å²) < 4.78 is 5.20. The molecular formula is C18H21O3P. The lowest BCUT2D eigenvalue weighted by molar-refractivity contribution is 0.103. The number of carbonyl (C=O) groups excluding carboxylic acids is 1. The van der Waals surface area contributed by atoms with Crippen LogP contribution in [0.3, 0.4) is 0 Å². The van der Waals surface area contributed by atoms with Gasteiger partial charge in [-0.15, -0.1) is 0 Å².